The minimum atomic E-state index is -1.13. The van der Waals surface area contributed by atoms with Crippen molar-refractivity contribution in [3.05, 3.63) is 238 Å². The van der Waals surface area contributed by atoms with Gasteiger partial charge in [-0.15, -0.1) is 0 Å². The molecule has 1 saturated heterocycles. The van der Waals surface area contributed by atoms with Crippen LogP contribution >= 0.6 is 11.8 Å². The fourth-order valence-electron chi connectivity index (χ4n) is 8.30. The highest BCUT2D eigenvalue weighted by Gasteiger charge is 2.18. The van der Waals surface area contributed by atoms with Crippen molar-refractivity contribution >= 4 is 51.3 Å². The van der Waals surface area contributed by atoms with Gasteiger partial charge in [-0.2, -0.15) is 0 Å². The van der Waals surface area contributed by atoms with Crippen LogP contribution < -0.4 is 15.8 Å². The zero-order valence-corrected chi connectivity index (χ0v) is 41.3. The van der Waals surface area contributed by atoms with E-state index < -0.39 is 5.97 Å². The molecule has 370 valence electrons. The van der Waals surface area contributed by atoms with E-state index in [9.17, 15) is 29.4 Å². The number of rotatable bonds is 8. The number of fused-ring (bicyclic) bond motifs is 2. The number of thioether (sulfide) groups is 1. The van der Waals surface area contributed by atoms with Crippen LogP contribution in [0.3, 0.4) is 0 Å². The molecule has 74 heavy (non-hydrogen) atoms. The molecule has 1 aliphatic heterocycles. The number of carboxylic acids is 1. The maximum atomic E-state index is 12.5. The largest absolute Gasteiger partial charge is 0.507 e. The van der Waals surface area contributed by atoms with Crippen molar-refractivity contribution < 1.29 is 38.5 Å². The van der Waals surface area contributed by atoms with Gasteiger partial charge in [-0.1, -0.05) is 182 Å². The molecule has 0 spiro atoms. The zero-order valence-electron chi connectivity index (χ0n) is 40.5. The molecule has 2 aromatic heterocycles. The van der Waals surface area contributed by atoms with Crippen molar-refractivity contribution in [1.82, 2.24) is 0 Å². The molecular weight excluding hydrogens is 951 g/mol. The number of nitrogens with zero attached hydrogens (tertiary/aromatic N) is 1. The van der Waals surface area contributed by atoms with Crippen LogP contribution in [0.25, 0.3) is 66.4 Å². The molecule has 0 radical (unpaired) electrons. The number of aromatic hydroxyl groups is 2. The number of phenols is 2. The summed E-state index contributed by atoms with van der Waals surface area (Å²) in [4.78, 5) is 48.8. The molecule has 11 rings (SSSR count). The maximum absolute atomic E-state index is 12.5. The van der Waals surface area contributed by atoms with Crippen molar-refractivity contribution in [2.45, 2.75) is 12.0 Å². The Morgan fingerprint density at radius 1 is 0.486 bits per heavy atom. The number of morpholine rings is 1. The lowest BCUT2D eigenvalue weighted by molar-refractivity contribution is 0.0693. The Labute approximate surface area is 431 Å². The van der Waals surface area contributed by atoms with Gasteiger partial charge in [0.15, 0.2) is 27.6 Å². The molecule has 1 aliphatic rings. The summed E-state index contributed by atoms with van der Waals surface area (Å²) in [6, 6.07) is 63.0. The third-order valence-electron chi connectivity index (χ3n) is 12.0. The van der Waals surface area contributed by atoms with Crippen LogP contribution in [0.15, 0.2) is 230 Å². The van der Waals surface area contributed by atoms with Gasteiger partial charge in [-0.25, -0.2) is 4.79 Å². The van der Waals surface area contributed by atoms with E-state index in [0.29, 0.717) is 62.8 Å². The first-order valence-electron chi connectivity index (χ1n) is 23.6. The highest BCUT2D eigenvalue weighted by Crippen LogP contribution is 2.35. The van der Waals surface area contributed by atoms with Crippen molar-refractivity contribution in [2.24, 2.45) is 0 Å². The Morgan fingerprint density at radius 3 is 1.32 bits per heavy atom. The van der Waals surface area contributed by atoms with Crippen LogP contribution in [0.1, 0.15) is 27.6 Å². The molecule has 0 unspecified atom stereocenters. The number of carbonyl (C=O) groups is 2. The minimum Gasteiger partial charge on any atom is -0.507 e. The molecule has 0 bridgehead atoms. The first kappa shape index (κ1) is 51.4. The van der Waals surface area contributed by atoms with Gasteiger partial charge >= 0.3 is 5.97 Å². The van der Waals surface area contributed by atoms with Gasteiger partial charge in [0, 0.05) is 47.5 Å². The molecule has 10 aromatic rings. The molecule has 0 atom stereocenters. The number of hydrogen-bond donors (Lipinski definition) is 3. The number of ketones is 1. The van der Waals surface area contributed by atoms with Crippen LogP contribution in [-0.4, -0.2) is 59.6 Å². The van der Waals surface area contributed by atoms with Crippen molar-refractivity contribution in [3.63, 3.8) is 0 Å². The second-order valence-corrected chi connectivity index (χ2v) is 17.6. The number of carbonyl (C=O) groups excluding carboxylic acids is 1. The smallest absolute Gasteiger partial charge is 0.339 e. The van der Waals surface area contributed by atoms with Gasteiger partial charge in [0.25, 0.3) is 0 Å². The number of phenolic OH excluding ortho intramolecular Hbond substituents is 1. The predicted octanol–water partition coefficient (Wildman–Crippen LogP) is 13.5. The van der Waals surface area contributed by atoms with E-state index in [1.165, 1.54) is 24.8 Å². The highest BCUT2D eigenvalue weighted by molar-refractivity contribution is 7.98. The first-order chi connectivity index (χ1) is 36.0. The predicted molar refractivity (Wildman–Crippen MR) is 295 cm³/mol. The highest BCUT2D eigenvalue weighted by atomic mass is 32.2. The van der Waals surface area contributed by atoms with Crippen LogP contribution in [0.2, 0.25) is 0 Å². The normalized spacial score (nSPS) is 11.8. The summed E-state index contributed by atoms with van der Waals surface area (Å²) in [7, 11) is 0. The Kier molecular flexibility index (Phi) is 17.0. The topological polar surface area (TPSA) is 168 Å². The number of anilines is 1. The SMILES string of the molecule is CC(=O)c1cccc(-c2ccccc2)c1O.CSc1cc(=O)c2cccc(-c3ccccc3)c2o1.O=C(O)c1cccc(-c2ccccc2)c1O.O=c1cc(N2CCOCC2)oc2c(-c3ccccc3)cccc12. The fraction of sp³-hybridized carbons (Fsp3) is 0.0968. The van der Waals surface area contributed by atoms with Crippen molar-refractivity contribution in [2.75, 3.05) is 37.5 Å². The molecule has 1 fully saturated rings. The number of ether oxygens (including phenoxy) is 1. The molecule has 0 saturated carbocycles. The van der Waals surface area contributed by atoms with Crippen LogP contribution in [-0.2, 0) is 4.74 Å². The molecular formula is C62H51NO10S. The number of carboxylic acid groups (broad SMARTS) is 1. The van der Waals surface area contributed by atoms with Crippen LogP contribution in [0, 0.1) is 0 Å². The van der Waals surface area contributed by atoms with Gasteiger partial charge in [-0.05, 0) is 59.7 Å². The average Bonchev–Trinajstić information content (AvgIpc) is 3.44. The second-order valence-electron chi connectivity index (χ2n) is 16.8. The fourth-order valence-corrected chi connectivity index (χ4v) is 8.69. The summed E-state index contributed by atoms with van der Waals surface area (Å²) in [5.74, 6) is -0.776. The van der Waals surface area contributed by atoms with Crippen LogP contribution in [0.4, 0.5) is 5.88 Å². The first-order valence-corrected chi connectivity index (χ1v) is 24.8. The number of benzene rings is 8. The standard InChI is InChI=1S/C19H17NO3.C16H12O2S.C14H12O2.C13H10O3/c21-17-13-18(20-9-11-22-12-10-20)23-19-15(7-4-8-16(17)19)14-5-2-1-3-6-14;1-19-15-10-14(17)13-9-5-8-12(16(13)18-15)11-6-3-2-4-7-11;1-10(15)12-8-5-9-13(14(12)16)11-6-3-2-4-7-11;14-12-10(9-5-2-1-3-6-9)7-4-8-11(12)13(15)16/h1-8,13H,9-12H2;2-10H,1H3;2-9,16H,1H3;1-8,14H,(H,15,16). The monoisotopic (exact) mass is 1000 g/mol. The van der Waals surface area contributed by atoms with E-state index in [4.69, 9.17) is 18.7 Å². The molecule has 3 N–H and O–H groups in total. The molecule has 0 aliphatic carbocycles. The minimum absolute atomic E-state index is 0.00313. The number of Topliss-reactive ketones (excluding diaryl/α,β-unsaturated/α-hetero) is 1. The van der Waals surface area contributed by atoms with Gasteiger partial charge in [0.05, 0.1) is 29.5 Å². The molecule has 3 heterocycles. The summed E-state index contributed by atoms with van der Waals surface area (Å²) in [6.45, 7) is 4.23. The van der Waals surface area contributed by atoms with E-state index in [1.54, 1.807) is 48.5 Å². The number of para-hydroxylation sites is 4. The summed E-state index contributed by atoms with van der Waals surface area (Å²) in [6.07, 6.45) is 1.90. The third-order valence-corrected chi connectivity index (χ3v) is 12.6. The Bertz CT molecular complexity index is 3550. The van der Waals surface area contributed by atoms with E-state index >= 15 is 0 Å². The quantitative estimate of drug-likeness (QED) is 0.0975. The lowest BCUT2D eigenvalue weighted by Crippen LogP contribution is -2.36. The van der Waals surface area contributed by atoms with Crippen molar-refractivity contribution in [1.29, 1.82) is 0 Å². The van der Waals surface area contributed by atoms with Gasteiger partial charge in [0.2, 0.25) is 0 Å². The van der Waals surface area contributed by atoms with E-state index in [2.05, 4.69) is 4.90 Å². The van der Waals surface area contributed by atoms with Crippen LogP contribution in [0.5, 0.6) is 11.5 Å². The Hall–Kier alpha value is -8.97. The van der Waals surface area contributed by atoms with E-state index in [0.717, 1.165) is 46.5 Å². The lowest BCUT2D eigenvalue weighted by Gasteiger charge is -2.27. The van der Waals surface area contributed by atoms with Crippen molar-refractivity contribution in [3.8, 4) is 56.0 Å². The summed E-state index contributed by atoms with van der Waals surface area (Å²) < 4.78 is 17.3. The Balaban J connectivity index is 0.000000133. The van der Waals surface area contributed by atoms with E-state index in [-0.39, 0.29) is 33.7 Å². The molecule has 12 heteroatoms. The van der Waals surface area contributed by atoms with Gasteiger partial charge < -0.3 is 33.8 Å². The third kappa shape index (κ3) is 12.2. The van der Waals surface area contributed by atoms with Gasteiger partial charge in [-0.3, -0.25) is 14.4 Å². The Morgan fingerprint density at radius 2 is 0.878 bits per heavy atom. The molecule has 8 aromatic carbocycles. The second kappa shape index (κ2) is 24.4. The molecule has 11 nitrogen and oxygen atoms in total. The number of hydrogen-bond acceptors (Lipinski definition) is 11. The number of aromatic carboxylic acids is 1. The van der Waals surface area contributed by atoms with E-state index in [1.807, 2.05) is 158 Å². The summed E-state index contributed by atoms with van der Waals surface area (Å²) in [5, 5.41) is 30.6. The molecule has 0 amide bonds. The zero-order chi connectivity index (χ0) is 52.0. The summed E-state index contributed by atoms with van der Waals surface area (Å²) in [5.41, 5.74) is 8.48. The average molecular weight is 1000 g/mol. The van der Waals surface area contributed by atoms with Gasteiger partial charge in [0.1, 0.15) is 28.2 Å². The maximum Gasteiger partial charge on any atom is 0.339 e. The lowest BCUT2D eigenvalue weighted by atomic mass is 10.00. The summed E-state index contributed by atoms with van der Waals surface area (Å²) >= 11 is 1.44.